The predicted octanol–water partition coefficient (Wildman–Crippen LogP) is 7.68. The van der Waals surface area contributed by atoms with Crippen LogP contribution in [-0.2, 0) is 32.6 Å². The minimum atomic E-state index is -4.25. The van der Waals surface area contributed by atoms with Gasteiger partial charge in [0.15, 0.2) is 0 Å². The Morgan fingerprint density at radius 2 is 1.45 bits per heavy atom. The van der Waals surface area contributed by atoms with Crippen LogP contribution < -0.4 is 14.4 Å². The molecule has 0 radical (unpaired) electrons. The number of para-hydroxylation sites is 1. The Kier molecular flexibility index (Phi) is 12.6. The summed E-state index contributed by atoms with van der Waals surface area (Å²) < 4.78 is 35.1. The van der Waals surface area contributed by atoms with Gasteiger partial charge in [-0.25, -0.2) is 8.42 Å². The first kappa shape index (κ1) is 36.2. The molecule has 5 rings (SSSR count). The first-order valence-electron chi connectivity index (χ1n) is 16.5. The van der Waals surface area contributed by atoms with Gasteiger partial charge in [-0.3, -0.25) is 13.9 Å². The van der Waals surface area contributed by atoms with Gasteiger partial charge in [-0.15, -0.1) is 0 Å². The van der Waals surface area contributed by atoms with Gasteiger partial charge in [-0.2, -0.15) is 0 Å². The summed E-state index contributed by atoms with van der Waals surface area (Å²) in [6.07, 6.45) is 5.06. The van der Waals surface area contributed by atoms with Gasteiger partial charge in [0, 0.05) is 34.6 Å². The molecule has 2 amide bonds. The zero-order valence-corrected chi connectivity index (χ0v) is 29.8. The Morgan fingerprint density at radius 3 is 2.06 bits per heavy atom. The highest BCUT2D eigenvalue weighted by Gasteiger charge is 2.36. The molecule has 1 aliphatic rings. The molecule has 49 heavy (non-hydrogen) atoms. The number of carbonyl (C=O) groups excluding carboxylic acids is 2. The average molecular weight is 723 g/mol. The zero-order valence-electron chi connectivity index (χ0n) is 27.4. The largest absolute Gasteiger partial charge is 0.494 e. The monoisotopic (exact) mass is 721 g/mol. The van der Waals surface area contributed by atoms with E-state index >= 15 is 0 Å². The second kappa shape index (κ2) is 17.1. The van der Waals surface area contributed by atoms with Gasteiger partial charge in [-0.1, -0.05) is 97.1 Å². The number of amides is 2. The highest BCUT2D eigenvalue weighted by molar-refractivity contribution is 7.92. The van der Waals surface area contributed by atoms with Crippen molar-refractivity contribution in [3.63, 3.8) is 0 Å². The van der Waals surface area contributed by atoms with Crippen molar-refractivity contribution >= 4 is 50.7 Å². The molecule has 4 aromatic carbocycles. The maximum Gasteiger partial charge on any atom is 0.264 e. The Labute approximate surface area is 299 Å². The fourth-order valence-electron chi connectivity index (χ4n) is 6.08. The van der Waals surface area contributed by atoms with E-state index in [9.17, 15) is 18.0 Å². The van der Waals surface area contributed by atoms with Gasteiger partial charge in [0.1, 0.15) is 18.3 Å². The highest BCUT2D eigenvalue weighted by atomic mass is 35.5. The SMILES string of the molecule is CCOc1ccc(S(=O)(=O)N(CC(=O)N(Cc2c(Cl)cccc2Cl)C(Cc2ccccc2)C(=O)NC2CCCCC2)c2ccccc2)cc1. The summed E-state index contributed by atoms with van der Waals surface area (Å²) in [5.74, 6) is -0.374. The van der Waals surface area contributed by atoms with Crippen LogP contribution in [0.2, 0.25) is 10.0 Å². The van der Waals surface area contributed by atoms with Crippen molar-refractivity contribution in [2.45, 2.75) is 69.0 Å². The molecular formula is C38H41Cl2N3O5S. The molecule has 4 aromatic rings. The topological polar surface area (TPSA) is 96.0 Å². The van der Waals surface area contributed by atoms with Crippen molar-refractivity contribution in [1.29, 1.82) is 0 Å². The van der Waals surface area contributed by atoms with Crippen LogP contribution in [0.4, 0.5) is 5.69 Å². The van der Waals surface area contributed by atoms with Crippen molar-refractivity contribution in [3.05, 3.63) is 124 Å². The molecule has 0 aromatic heterocycles. The van der Waals surface area contributed by atoms with Crippen LogP contribution in [-0.4, -0.2) is 50.4 Å². The maximum atomic E-state index is 14.7. The van der Waals surface area contributed by atoms with Crippen molar-refractivity contribution in [2.75, 3.05) is 17.5 Å². The Bertz CT molecular complexity index is 1780. The van der Waals surface area contributed by atoms with Gasteiger partial charge in [-0.05, 0) is 73.9 Å². The number of carbonyl (C=O) groups is 2. The van der Waals surface area contributed by atoms with E-state index in [1.165, 1.54) is 17.0 Å². The fourth-order valence-corrected chi connectivity index (χ4v) is 8.01. The molecular weight excluding hydrogens is 681 g/mol. The van der Waals surface area contributed by atoms with Gasteiger partial charge >= 0.3 is 0 Å². The molecule has 0 aliphatic heterocycles. The number of rotatable bonds is 14. The van der Waals surface area contributed by atoms with Crippen molar-refractivity contribution in [1.82, 2.24) is 10.2 Å². The van der Waals surface area contributed by atoms with E-state index in [1.807, 2.05) is 37.3 Å². The zero-order chi connectivity index (χ0) is 34.8. The number of hydrogen-bond donors (Lipinski definition) is 1. The van der Waals surface area contributed by atoms with Crippen LogP contribution in [0.1, 0.15) is 50.2 Å². The molecule has 0 saturated heterocycles. The van der Waals surface area contributed by atoms with E-state index in [2.05, 4.69) is 5.32 Å². The van der Waals surface area contributed by atoms with Gasteiger partial charge in [0.05, 0.1) is 17.2 Å². The lowest BCUT2D eigenvalue weighted by atomic mass is 9.94. The van der Waals surface area contributed by atoms with Crippen LogP contribution in [0.3, 0.4) is 0 Å². The highest BCUT2D eigenvalue weighted by Crippen LogP contribution is 2.30. The number of hydrogen-bond acceptors (Lipinski definition) is 5. The molecule has 1 fully saturated rings. The normalized spacial score (nSPS) is 14.1. The summed E-state index contributed by atoms with van der Waals surface area (Å²) in [7, 11) is -4.25. The lowest BCUT2D eigenvalue weighted by Crippen LogP contribution is -2.55. The van der Waals surface area contributed by atoms with Crippen LogP contribution in [0.15, 0.2) is 108 Å². The van der Waals surface area contributed by atoms with E-state index in [0.29, 0.717) is 33.7 Å². The molecule has 1 saturated carbocycles. The minimum Gasteiger partial charge on any atom is -0.494 e. The quantitative estimate of drug-likeness (QED) is 0.144. The van der Waals surface area contributed by atoms with Crippen molar-refractivity contribution in [3.8, 4) is 5.75 Å². The summed E-state index contributed by atoms with van der Waals surface area (Å²) in [5, 5.41) is 3.87. The Balaban J connectivity index is 1.57. The van der Waals surface area contributed by atoms with Crippen LogP contribution in [0.25, 0.3) is 0 Å². The van der Waals surface area contributed by atoms with E-state index < -0.39 is 28.5 Å². The number of sulfonamides is 1. The number of nitrogens with one attached hydrogen (secondary N) is 1. The first-order valence-corrected chi connectivity index (χ1v) is 18.7. The number of halogens is 2. The first-order chi connectivity index (χ1) is 23.7. The number of benzene rings is 4. The summed E-state index contributed by atoms with van der Waals surface area (Å²) in [5.41, 5.74) is 1.60. The average Bonchev–Trinajstić information content (AvgIpc) is 3.11. The smallest absolute Gasteiger partial charge is 0.264 e. The third-order valence-corrected chi connectivity index (χ3v) is 11.2. The van der Waals surface area contributed by atoms with Crippen molar-refractivity contribution < 1.29 is 22.7 Å². The molecule has 0 spiro atoms. The molecule has 258 valence electrons. The number of nitrogens with zero attached hydrogens (tertiary/aromatic N) is 2. The van der Waals surface area contributed by atoms with Gasteiger partial charge < -0.3 is 15.0 Å². The Morgan fingerprint density at radius 1 is 0.837 bits per heavy atom. The lowest BCUT2D eigenvalue weighted by Gasteiger charge is -2.35. The van der Waals surface area contributed by atoms with Gasteiger partial charge in [0.2, 0.25) is 11.8 Å². The van der Waals surface area contributed by atoms with Crippen LogP contribution in [0, 0.1) is 0 Å². The predicted molar refractivity (Wildman–Crippen MR) is 195 cm³/mol. The summed E-state index contributed by atoms with van der Waals surface area (Å²) in [6, 6.07) is 28.0. The molecule has 8 nitrogen and oxygen atoms in total. The van der Waals surface area contributed by atoms with E-state index in [1.54, 1.807) is 60.7 Å². The van der Waals surface area contributed by atoms with E-state index in [-0.39, 0.29) is 29.8 Å². The molecule has 1 aliphatic carbocycles. The summed E-state index contributed by atoms with van der Waals surface area (Å²) in [4.78, 5) is 30.4. The number of ether oxygens (including phenoxy) is 1. The third kappa shape index (κ3) is 9.35. The minimum absolute atomic E-state index is 0.0100. The molecule has 1 unspecified atom stereocenters. The summed E-state index contributed by atoms with van der Waals surface area (Å²) in [6.45, 7) is 1.58. The molecule has 1 N–H and O–H groups in total. The standard InChI is InChI=1S/C38H41Cl2N3O5S/c1-2-48-31-21-23-32(24-22-31)49(46,47)43(30-17-10-5-11-18-30)27-37(44)42(26-33-34(39)19-12-20-35(33)40)36(25-28-13-6-3-7-14-28)38(45)41-29-15-8-4-9-16-29/h3,5-7,10-14,17-24,29,36H,2,4,8-9,15-16,25-27H2,1H3,(H,41,45). The Hall–Kier alpha value is -4.05. The fraction of sp³-hybridized carbons (Fsp3) is 0.316. The molecule has 0 heterocycles. The second-order valence-electron chi connectivity index (χ2n) is 12.0. The van der Waals surface area contributed by atoms with Crippen LogP contribution in [0.5, 0.6) is 5.75 Å². The third-order valence-electron chi connectivity index (χ3n) is 8.66. The lowest BCUT2D eigenvalue weighted by molar-refractivity contribution is -0.140. The van der Waals surface area contributed by atoms with E-state index in [0.717, 1.165) is 42.0 Å². The second-order valence-corrected chi connectivity index (χ2v) is 14.7. The maximum absolute atomic E-state index is 14.7. The van der Waals surface area contributed by atoms with Crippen molar-refractivity contribution in [2.24, 2.45) is 0 Å². The van der Waals surface area contributed by atoms with Gasteiger partial charge in [0.25, 0.3) is 10.0 Å². The van der Waals surface area contributed by atoms with E-state index in [4.69, 9.17) is 27.9 Å². The van der Waals surface area contributed by atoms with Crippen LogP contribution >= 0.6 is 23.2 Å². The number of anilines is 1. The molecule has 0 bridgehead atoms. The molecule has 1 atom stereocenters. The summed E-state index contributed by atoms with van der Waals surface area (Å²) >= 11 is 13.3. The molecule has 11 heteroatoms.